The molecule has 3 rings (SSSR count). The fourth-order valence-electron chi connectivity index (χ4n) is 3.02. The molecule has 1 heterocycles. The third-order valence-electron chi connectivity index (χ3n) is 5.00. The molecule has 2 fully saturated rings. The first-order valence-corrected chi connectivity index (χ1v) is 10.2. The number of amidine groups is 1. The van der Waals surface area contributed by atoms with E-state index in [1.165, 1.54) is 0 Å². The van der Waals surface area contributed by atoms with Gasteiger partial charge in [-0.05, 0) is 50.8 Å². The number of sulfone groups is 1. The molecule has 2 N–H and O–H groups in total. The minimum absolute atomic E-state index is 0.00985. The number of nitrogens with two attached hydrogens (primary N) is 1. The molecule has 1 aromatic rings. The first-order valence-electron chi connectivity index (χ1n) is 8.70. The molecule has 0 radical (unpaired) electrons. The number of hydrogen-bond donors (Lipinski definition) is 1. The van der Waals surface area contributed by atoms with E-state index in [9.17, 15) is 13.2 Å². The van der Waals surface area contributed by atoms with E-state index in [1.807, 2.05) is 13.0 Å². The average Bonchev–Trinajstić information content (AvgIpc) is 3.44. The molecule has 0 amide bonds. The number of rotatable bonds is 5. The van der Waals surface area contributed by atoms with Gasteiger partial charge in [-0.2, -0.15) is 0 Å². The van der Waals surface area contributed by atoms with Gasteiger partial charge in [0, 0.05) is 13.0 Å². The van der Waals surface area contributed by atoms with E-state index < -0.39 is 26.7 Å². The van der Waals surface area contributed by atoms with Gasteiger partial charge in [-0.15, -0.1) is 0 Å². The Labute approximate surface area is 153 Å². The van der Waals surface area contributed by atoms with Crippen LogP contribution in [0.1, 0.15) is 38.2 Å². The van der Waals surface area contributed by atoms with Crippen molar-refractivity contribution in [2.45, 2.75) is 55.3 Å². The minimum atomic E-state index is -3.58. The highest BCUT2D eigenvalue weighted by atomic mass is 32.2. The van der Waals surface area contributed by atoms with Crippen LogP contribution >= 0.6 is 0 Å². The topological polar surface area (TPSA) is 108 Å². The Hall–Kier alpha value is -1.93. The number of hydrogen-bond acceptors (Lipinski definition) is 6. The molecule has 142 valence electrons. The molecule has 0 aromatic heterocycles. The molecule has 2 aliphatic rings. The summed E-state index contributed by atoms with van der Waals surface area (Å²) in [4.78, 5) is 16.7. The number of benzene rings is 1. The van der Waals surface area contributed by atoms with Gasteiger partial charge < -0.3 is 15.3 Å². The summed E-state index contributed by atoms with van der Waals surface area (Å²) in [6.07, 6.45) is 1.41. The summed E-state index contributed by atoms with van der Waals surface area (Å²) >= 11 is 0. The van der Waals surface area contributed by atoms with E-state index in [2.05, 4.69) is 5.16 Å². The van der Waals surface area contributed by atoms with Gasteiger partial charge in [0.05, 0.1) is 15.6 Å². The van der Waals surface area contributed by atoms with Crippen molar-refractivity contribution in [2.75, 3.05) is 6.61 Å². The monoisotopic (exact) mass is 380 g/mol. The van der Waals surface area contributed by atoms with Crippen LogP contribution in [0.4, 0.5) is 0 Å². The van der Waals surface area contributed by atoms with E-state index >= 15 is 0 Å². The summed E-state index contributed by atoms with van der Waals surface area (Å²) < 4.78 is 30.9. The highest BCUT2D eigenvalue weighted by Gasteiger charge is 2.45. The van der Waals surface area contributed by atoms with Crippen molar-refractivity contribution in [2.24, 2.45) is 16.8 Å². The van der Waals surface area contributed by atoms with Crippen LogP contribution in [0.25, 0.3) is 0 Å². The third kappa shape index (κ3) is 3.76. The predicted molar refractivity (Wildman–Crippen MR) is 96.2 cm³/mol. The lowest BCUT2D eigenvalue weighted by molar-refractivity contribution is -0.145. The third-order valence-corrected chi connectivity index (χ3v) is 7.54. The molecule has 0 bridgehead atoms. The van der Waals surface area contributed by atoms with Crippen molar-refractivity contribution in [3.05, 3.63) is 29.8 Å². The summed E-state index contributed by atoms with van der Waals surface area (Å²) in [5.41, 5.74) is 6.78. The predicted octanol–water partition coefficient (Wildman–Crippen LogP) is 1.93. The van der Waals surface area contributed by atoms with Gasteiger partial charge in [0.25, 0.3) is 0 Å². The van der Waals surface area contributed by atoms with Gasteiger partial charge in [-0.25, -0.2) is 13.2 Å². The SMILES string of the molecule is Cc1cccc(S(=O)(=O)C2(C)CCOC(/C(N)=N/OC(=O)C3CC3)C2)c1. The first kappa shape index (κ1) is 18.8. The Kier molecular flexibility index (Phi) is 5.07. The largest absolute Gasteiger partial charge is 0.382 e. The quantitative estimate of drug-likeness (QED) is 0.362. The standard InChI is InChI=1S/C18H24N2O5S/c1-12-4-3-5-14(10-12)26(22,23)18(2)8-9-24-15(11-18)16(19)20-25-17(21)13-6-7-13/h3-5,10,13,15H,6-9,11H2,1-2H3,(H2,19,20). The van der Waals surface area contributed by atoms with Crippen molar-refractivity contribution in [3.63, 3.8) is 0 Å². The van der Waals surface area contributed by atoms with Gasteiger partial charge in [-0.3, -0.25) is 0 Å². The van der Waals surface area contributed by atoms with Crippen LogP contribution in [0.2, 0.25) is 0 Å². The molecule has 8 heteroatoms. The average molecular weight is 380 g/mol. The summed E-state index contributed by atoms with van der Waals surface area (Å²) in [6.45, 7) is 3.79. The van der Waals surface area contributed by atoms with Gasteiger partial charge in [0.15, 0.2) is 15.7 Å². The molecule has 1 aromatic carbocycles. The molecule has 1 aliphatic heterocycles. The molecular formula is C18H24N2O5S. The smallest absolute Gasteiger partial charge is 0.338 e. The fraction of sp³-hybridized carbons (Fsp3) is 0.556. The Bertz CT molecular complexity index is 832. The molecule has 1 aliphatic carbocycles. The van der Waals surface area contributed by atoms with Crippen molar-refractivity contribution in [1.82, 2.24) is 0 Å². The maximum Gasteiger partial charge on any atom is 0.338 e. The summed E-state index contributed by atoms with van der Waals surface area (Å²) in [6, 6.07) is 6.86. The summed E-state index contributed by atoms with van der Waals surface area (Å²) in [5, 5.41) is 3.67. The Morgan fingerprint density at radius 1 is 1.38 bits per heavy atom. The Balaban J connectivity index is 1.77. The number of aryl methyl sites for hydroxylation is 1. The van der Waals surface area contributed by atoms with E-state index in [4.69, 9.17) is 15.3 Å². The van der Waals surface area contributed by atoms with Crippen molar-refractivity contribution >= 4 is 21.6 Å². The van der Waals surface area contributed by atoms with Gasteiger partial charge >= 0.3 is 5.97 Å². The van der Waals surface area contributed by atoms with Crippen LogP contribution in [0.3, 0.4) is 0 Å². The van der Waals surface area contributed by atoms with Crippen LogP contribution in [-0.2, 0) is 24.2 Å². The van der Waals surface area contributed by atoms with Crippen molar-refractivity contribution < 1.29 is 22.8 Å². The molecule has 1 saturated heterocycles. The Morgan fingerprint density at radius 3 is 2.77 bits per heavy atom. The molecular weight excluding hydrogens is 356 g/mol. The molecule has 1 saturated carbocycles. The minimum Gasteiger partial charge on any atom is -0.382 e. The van der Waals surface area contributed by atoms with E-state index in [1.54, 1.807) is 25.1 Å². The normalized spacial score (nSPS) is 27.2. The van der Waals surface area contributed by atoms with Crippen molar-refractivity contribution in [3.8, 4) is 0 Å². The number of carbonyl (C=O) groups excluding carboxylic acids is 1. The van der Waals surface area contributed by atoms with E-state index in [0.29, 0.717) is 6.42 Å². The lowest BCUT2D eigenvalue weighted by atomic mass is 9.96. The number of nitrogens with zero attached hydrogens (tertiary/aromatic N) is 1. The molecule has 2 atom stereocenters. The number of oxime groups is 1. The number of carbonyl (C=O) groups is 1. The Morgan fingerprint density at radius 2 is 2.12 bits per heavy atom. The van der Waals surface area contributed by atoms with Gasteiger partial charge in [-0.1, -0.05) is 17.3 Å². The number of ether oxygens (including phenoxy) is 1. The van der Waals surface area contributed by atoms with Crippen molar-refractivity contribution in [1.29, 1.82) is 0 Å². The second kappa shape index (κ2) is 7.00. The van der Waals surface area contributed by atoms with E-state index in [-0.39, 0.29) is 29.7 Å². The van der Waals surface area contributed by atoms with Crippen LogP contribution in [-0.4, -0.2) is 37.7 Å². The molecule has 7 nitrogen and oxygen atoms in total. The molecule has 2 unspecified atom stereocenters. The second-order valence-corrected chi connectivity index (χ2v) is 9.75. The first-order chi connectivity index (χ1) is 12.2. The van der Waals surface area contributed by atoms with Crippen LogP contribution in [0.15, 0.2) is 34.3 Å². The maximum absolute atomic E-state index is 13.2. The fourth-order valence-corrected chi connectivity index (χ4v) is 4.91. The summed E-state index contributed by atoms with van der Waals surface area (Å²) in [7, 11) is -3.58. The molecule has 0 spiro atoms. The van der Waals surface area contributed by atoms with Crippen LogP contribution in [0.5, 0.6) is 0 Å². The van der Waals surface area contributed by atoms with Gasteiger partial charge in [0.1, 0.15) is 6.10 Å². The van der Waals surface area contributed by atoms with Crippen LogP contribution < -0.4 is 5.73 Å². The van der Waals surface area contributed by atoms with Gasteiger partial charge in [0.2, 0.25) is 0 Å². The highest BCUT2D eigenvalue weighted by molar-refractivity contribution is 7.92. The van der Waals surface area contributed by atoms with E-state index in [0.717, 1.165) is 18.4 Å². The summed E-state index contributed by atoms with van der Waals surface area (Å²) in [5.74, 6) is -0.506. The zero-order valence-electron chi connectivity index (χ0n) is 15.0. The lowest BCUT2D eigenvalue weighted by Gasteiger charge is -2.37. The zero-order chi connectivity index (χ0) is 18.9. The zero-order valence-corrected chi connectivity index (χ0v) is 15.8. The van der Waals surface area contributed by atoms with Crippen LogP contribution in [0, 0.1) is 12.8 Å². The molecule has 26 heavy (non-hydrogen) atoms. The highest BCUT2D eigenvalue weighted by Crippen LogP contribution is 2.37. The lowest BCUT2D eigenvalue weighted by Crippen LogP contribution is -2.49. The maximum atomic E-state index is 13.2. The second-order valence-electron chi connectivity index (χ2n) is 7.28.